The Morgan fingerprint density at radius 2 is 1.24 bits per heavy atom. The fraction of sp³-hybridized carbons (Fsp3) is 0.227. The van der Waals surface area contributed by atoms with Crippen LogP contribution in [0.3, 0.4) is 0 Å². The fourth-order valence-corrected chi connectivity index (χ4v) is 3.34. The van der Waals surface area contributed by atoms with Crippen molar-refractivity contribution in [3.63, 3.8) is 0 Å². The van der Waals surface area contributed by atoms with Crippen molar-refractivity contribution >= 4 is 17.2 Å². The highest BCUT2D eigenvalue weighted by Gasteiger charge is 2.36. The largest absolute Gasteiger partial charge is 0.530 e. The van der Waals surface area contributed by atoms with Crippen LogP contribution in [0.5, 0.6) is 0 Å². The molecule has 0 aliphatic heterocycles. The Labute approximate surface area is 148 Å². The molecule has 0 saturated heterocycles. The van der Waals surface area contributed by atoms with Crippen LogP contribution in [0.1, 0.15) is 31.9 Å². The second-order valence-corrected chi connectivity index (χ2v) is 7.19. The van der Waals surface area contributed by atoms with E-state index in [0.717, 1.165) is 22.3 Å². The summed E-state index contributed by atoms with van der Waals surface area (Å²) in [5.74, 6) is 0. The second-order valence-electron chi connectivity index (χ2n) is 7.19. The first-order valence-electron chi connectivity index (χ1n) is 8.42. The van der Waals surface area contributed by atoms with E-state index in [-0.39, 0.29) is 0 Å². The molecule has 3 rings (SSSR count). The quantitative estimate of drug-likeness (QED) is 0.853. The van der Waals surface area contributed by atoms with Crippen LogP contribution in [-0.4, -0.2) is 22.6 Å². The zero-order chi connectivity index (χ0) is 18.0. The van der Waals surface area contributed by atoms with E-state index < -0.39 is 17.7 Å². The lowest BCUT2D eigenvalue weighted by molar-refractivity contribution is -0.271. The van der Waals surface area contributed by atoms with Crippen LogP contribution in [0.25, 0.3) is 11.1 Å². The minimum absolute atomic E-state index is 0.394. The van der Waals surface area contributed by atoms with Gasteiger partial charge in [-0.3, -0.25) is 0 Å². The minimum atomic E-state index is -1.16. The van der Waals surface area contributed by atoms with Crippen molar-refractivity contribution in [3.05, 3.63) is 83.9 Å². The van der Waals surface area contributed by atoms with Crippen LogP contribution in [0.4, 0.5) is 4.79 Å². The highest BCUT2D eigenvalue weighted by molar-refractivity contribution is 5.94. The number of amides is 1. The Hall–Kier alpha value is -2.81. The van der Waals surface area contributed by atoms with Crippen molar-refractivity contribution < 1.29 is 9.90 Å². The Balaban J connectivity index is 2.12. The Kier molecular flexibility index (Phi) is 4.49. The lowest BCUT2D eigenvalue weighted by atomic mass is 9.89. The van der Waals surface area contributed by atoms with Crippen molar-refractivity contribution in [2.24, 2.45) is 0 Å². The second kappa shape index (κ2) is 6.60. The number of carboxylic acid groups (broad SMARTS) is 1. The third kappa shape index (κ3) is 3.36. The number of carbonyl (C=O) groups is 1. The summed E-state index contributed by atoms with van der Waals surface area (Å²) >= 11 is 0. The van der Waals surface area contributed by atoms with Gasteiger partial charge in [-0.05, 0) is 43.0 Å². The molecule has 0 atom stereocenters. The maximum absolute atomic E-state index is 12.0. The fourth-order valence-electron chi connectivity index (χ4n) is 3.34. The van der Waals surface area contributed by atoms with Crippen molar-refractivity contribution in [3.8, 4) is 0 Å². The molecule has 0 saturated carbocycles. The van der Waals surface area contributed by atoms with Crippen LogP contribution < -0.4 is 5.11 Å². The number of carbonyl (C=O) groups excluding carboxylic acids is 1. The first kappa shape index (κ1) is 17.0. The number of nitrogens with zero attached hydrogens (tertiary/aromatic N) is 1. The van der Waals surface area contributed by atoms with Gasteiger partial charge in [0.2, 0.25) is 0 Å². The van der Waals surface area contributed by atoms with Gasteiger partial charge in [0.15, 0.2) is 0 Å². The van der Waals surface area contributed by atoms with Crippen LogP contribution in [0.15, 0.2) is 72.8 Å². The summed E-state index contributed by atoms with van der Waals surface area (Å²) in [6.45, 7) is 5.69. The third-order valence-electron chi connectivity index (χ3n) is 4.42. The van der Waals surface area contributed by atoms with Crippen LogP contribution in [-0.2, 0) is 0 Å². The summed E-state index contributed by atoms with van der Waals surface area (Å²) in [6.07, 6.45) is 2.87. The smallest absolute Gasteiger partial charge is 0.138 e. The molecule has 0 aromatic heterocycles. The molecule has 0 N–H and O–H groups in total. The zero-order valence-electron chi connectivity index (χ0n) is 14.8. The van der Waals surface area contributed by atoms with Crippen molar-refractivity contribution in [1.82, 2.24) is 4.90 Å². The van der Waals surface area contributed by atoms with E-state index in [9.17, 15) is 9.90 Å². The molecule has 1 amide bonds. The molecule has 1 aliphatic carbocycles. The first-order valence-corrected chi connectivity index (χ1v) is 8.42. The van der Waals surface area contributed by atoms with Crippen LogP contribution >= 0.6 is 0 Å². The summed E-state index contributed by atoms with van der Waals surface area (Å²) in [5, 5.41) is 12.0. The van der Waals surface area contributed by atoms with Crippen LogP contribution in [0.2, 0.25) is 0 Å². The molecule has 0 spiro atoms. The van der Waals surface area contributed by atoms with E-state index in [1.165, 1.54) is 4.90 Å². The summed E-state index contributed by atoms with van der Waals surface area (Å²) in [7, 11) is 0. The van der Waals surface area contributed by atoms with Gasteiger partial charge in [-0.15, -0.1) is 0 Å². The average molecular weight is 332 g/mol. The molecular formula is C22H22NO2-. The minimum Gasteiger partial charge on any atom is -0.530 e. The molecule has 0 unspecified atom stereocenters. The van der Waals surface area contributed by atoms with Gasteiger partial charge in [0, 0.05) is 5.54 Å². The van der Waals surface area contributed by atoms with Gasteiger partial charge in [0.05, 0.1) is 6.04 Å². The number of rotatable bonds is 3. The lowest BCUT2D eigenvalue weighted by Crippen LogP contribution is -2.56. The standard InChI is InChI=1S/C22H23NO2/c1-22(2,3)23(21(24)25)20-18(16-10-6-4-7-11-16)14-15-19(20)17-12-8-5-9-13-17/h4-15,20H,1-3H3,(H,24,25)/p-1. The van der Waals surface area contributed by atoms with Crippen molar-refractivity contribution in [1.29, 1.82) is 0 Å². The first-order chi connectivity index (χ1) is 11.9. The Morgan fingerprint density at radius 3 is 1.56 bits per heavy atom. The highest BCUT2D eigenvalue weighted by atomic mass is 16.4. The van der Waals surface area contributed by atoms with E-state index in [1.54, 1.807) is 0 Å². The van der Waals surface area contributed by atoms with Gasteiger partial charge in [0.1, 0.15) is 6.09 Å². The average Bonchev–Trinajstić information content (AvgIpc) is 2.99. The molecular weight excluding hydrogens is 310 g/mol. The molecule has 0 bridgehead atoms. The predicted octanol–water partition coefficient (Wildman–Crippen LogP) is 3.98. The van der Waals surface area contributed by atoms with E-state index in [4.69, 9.17) is 0 Å². The Morgan fingerprint density at radius 1 is 0.840 bits per heavy atom. The summed E-state index contributed by atoms with van der Waals surface area (Å²) in [5.41, 5.74) is 3.39. The van der Waals surface area contributed by atoms with Crippen molar-refractivity contribution in [2.75, 3.05) is 0 Å². The van der Waals surface area contributed by atoms with Crippen molar-refractivity contribution in [2.45, 2.75) is 32.4 Å². The number of hydrogen-bond donors (Lipinski definition) is 0. The van der Waals surface area contributed by atoms with Gasteiger partial charge in [0.25, 0.3) is 0 Å². The van der Waals surface area contributed by atoms with Gasteiger partial charge in [-0.2, -0.15) is 0 Å². The summed E-state index contributed by atoms with van der Waals surface area (Å²) in [6, 6.07) is 19.4. The Bertz CT molecular complexity index is 759. The molecule has 0 fully saturated rings. The van der Waals surface area contributed by atoms with Gasteiger partial charge >= 0.3 is 0 Å². The molecule has 0 heterocycles. The zero-order valence-corrected chi connectivity index (χ0v) is 14.8. The van der Waals surface area contributed by atoms with Gasteiger partial charge in [-0.1, -0.05) is 72.8 Å². The highest BCUT2D eigenvalue weighted by Crippen LogP contribution is 2.40. The molecule has 2 aromatic rings. The maximum atomic E-state index is 12.0. The number of hydrogen-bond acceptors (Lipinski definition) is 2. The molecule has 25 heavy (non-hydrogen) atoms. The summed E-state index contributed by atoms with van der Waals surface area (Å²) in [4.78, 5) is 13.5. The molecule has 3 heteroatoms. The number of benzene rings is 2. The summed E-state index contributed by atoms with van der Waals surface area (Å²) < 4.78 is 0. The van der Waals surface area contributed by atoms with E-state index >= 15 is 0 Å². The maximum Gasteiger partial charge on any atom is 0.138 e. The molecule has 128 valence electrons. The SMILES string of the molecule is CC(C)(C)N(C(=O)[O-])C1C(c2ccccc2)=CC=C1c1ccccc1. The molecule has 1 aliphatic rings. The third-order valence-corrected chi connectivity index (χ3v) is 4.42. The molecule has 3 nitrogen and oxygen atoms in total. The molecule has 0 radical (unpaired) electrons. The van der Waals surface area contributed by atoms with Crippen LogP contribution in [0, 0.1) is 0 Å². The topological polar surface area (TPSA) is 43.4 Å². The van der Waals surface area contributed by atoms with Gasteiger partial charge < -0.3 is 14.8 Å². The van der Waals surface area contributed by atoms with E-state index in [0.29, 0.717) is 0 Å². The predicted molar refractivity (Wildman–Crippen MR) is 99.6 cm³/mol. The van der Waals surface area contributed by atoms with E-state index in [2.05, 4.69) is 0 Å². The normalized spacial score (nSPS) is 14.8. The van der Waals surface area contributed by atoms with E-state index in [1.807, 2.05) is 93.6 Å². The lowest BCUT2D eigenvalue weighted by Gasteiger charge is -2.44. The molecule has 2 aromatic carbocycles. The van der Waals surface area contributed by atoms with Gasteiger partial charge in [-0.25, -0.2) is 0 Å². The monoisotopic (exact) mass is 332 g/mol. The number of allylic oxidation sites excluding steroid dienone is 2.